The number of ketones is 1. The van der Waals surface area contributed by atoms with Gasteiger partial charge in [0.25, 0.3) is 0 Å². The second kappa shape index (κ2) is 6.55. The minimum absolute atomic E-state index is 0.0563. The first kappa shape index (κ1) is 14.6. The Morgan fingerprint density at radius 3 is 2.75 bits per heavy atom. The summed E-state index contributed by atoms with van der Waals surface area (Å²) in [5, 5.41) is 0. The van der Waals surface area contributed by atoms with E-state index in [9.17, 15) is 9.59 Å². The minimum Gasteiger partial charge on any atom is -0.493 e. The Morgan fingerprint density at radius 2 is 2.10 bits per heavy atom. The largest absolute Gasteiger partial charge is 0.493 e. The number of nitrogens with zero attached hydrogens (tertiary/aromatic N) is 1. The van der Waals surface area contributed by atoms with Gasteiger partial charge in [0.15, 0.2) is 5.78 Å². The van der Waals surface area contributed by atoms with Gasteiger partial charge in [-0.05, 0) is 25.0 Å². The zero-order valence-corrected chi connectivity index (χ0v) is 12.1. The van der Waals surface area contributed by atoms with Crippen LogP contribution < -0.4 is 4.74 Å². The molecule has 0 saturated carbocycles. The normalized spacial score (nSPS) is 18.4. The molecule has 0 N–H and O–H groups in total. The number of rotatable bonds is 6. The summed E-state index contributed by atoms with van der Waals surface area (Å²) in [5.74, 6) is 1.01. The first-order valence-electron chi connectivity index (χ1n) is 7.18. The van der Waals surface area contributed by atoms with Gasteiger partial charge in [-0.25, -0.2) is 0 Å². The molecular formula is C16H21NO3. The summed E-state index contributed by atoms with van der Waals surface area (Å²) in [6, 6.07) is 7.20. The Kier molecular flexibility index (Phi) is 4.77. The number of ether oxygens (including phenoxy) is 1. The Balaban J connectivity index is 2.07. The fraction of sp³-hybridized carbons (Fsp3) is 0.500. The van der Waals surface area contributed by atoms with Gasteiger partial charge in [0, 0.05) is 13.0 Å². The van der Waals surface area contributed by atoms with E-state index in [1.54, 1.807) is 17.0 Å². The van der Waals surface area contributed by atoms with Crippen LogP contribution in [0.1, 0.15) is 37.0 Å². The molecule has 1 aromatic rings. The molecule has 1 fully saturated rings. The van der Waals surface area contributed by atoms with Crippen molar-refractivity contribution < 1.29 is 14.3 Å². The van der Waals surface area contributed by atoms with Crippen molar-refractivity contribution in [1.82, 2.24) is 4.90 Å². The summed E-state index contributed by atoms with van der Waals surface area (Å²) in [6.45, 7) is 5.33. The Hall–Kier alpha value is -1.84. The van der Waals surface area contributed by atoms with Crippen LogP contribution in [0.2, 0.25) is 0 Å². The van der Waals surface area contributed by atoms with Gasteiger partial charge in [-0.1, -0.05) is 25.5 Å². The van der Waals surface area contributed by atoms with Crippen molar-refractivity contribution in [3.63, 3.8) is 0 Å². The van der Waals surface area contributed by atoms with Crippen LogP contribution in [-0.2, 0) is 4.79 Å². The molecule has 1 saturated heterocycles. The molecule has 1 heterocycles. The predicted octanol–water partition coefficient (Wildman–Crippen LogP) is 2.53. The molecule has 4 heteroatoms. The van der Waals surface area contributed by atoms with Crippen LogP contribution in [0.15, 0.2) is 24.3 Å². The van der Waals surface area contributed by atoms with Crippen LogP contribution in [0.5, 0.6) is 5.75 Å². The first-order valence-corrected chi connectivity index (χ1v) is 7.18. The maximum atomic E-state index is 12.4. The highest BCUT2D eigenvalue weighted by atomic mass is 16.5. The monoisotopic (exact) mass is 275 g/mol. The van der Waals surface area contributed by atoms with E-state index in [4.69, 9.17) is 4.74 Å². The van der Waals surface area contributed by atoms with Crippen molar-refractivity contribution in [2.24, 2.45) is 5.92 Å². The average molecular weight is 275 g/mol. The van der Waals surface area contributed by atoms with Crippen LogP contribution >= 0.6 is 0 Å². The third-order valence-corrected chi connectivity index (χ3v) is 3.69. The van der Waals surface area contributed by atoms with Gasteiger partial charge in [-0.15, -0.1) is 0 Å². The lowest BCUT2D eigenvalue weighted by Crippen LogP contribution is -2.31. The first-order chi connectivity index (χ1) is 9.65. The van der Waals surface area contributed by atoms with E-state index >= 15 is 0 Å². The molecular weight excluding hydrogens is 254 g/mol. The lowest BCUT2D eigenvalue weighted by Gasteiger charge is -2.16. The molecule has 1 aliphatic rings. The second-order valence-corrected chi connectivity index (χ2v) is 5.11. The second-order valence-electron chi connectivity index (χ2n) is 5.11. The van der Waals surface area contributed by atoms with Crippen LogP contribution in [0.4, 0.5) is 0 Å². The van der Waals surface area contributed by atoms with Crippen LogP contribution in [0.3, 0.4) is 0 Å². The van der Waals surface area contributed by atoms with Gasteiger partial charge >= 0.3 is 0 Å². The Labute approximate surface area is 119 Å². The number of amides is 1. The number of Topliss-reactive ketones (excluding diaryl/α,β-unsaturated/α-hetero) is 1. The number of carbonyl (C=O) groups is 2. The molecule has 108 valence electrons. The van der Waals surface area contributed by atoms with E-state index in [1.807, 2.05) is 19.1 Å². The van der Waals surface area contributed by atoms with Gasteiger partial charge in [0.05, 0.1) is 18.7 Å². The van der Waals surface area contributed by atoms with Crippen molar-refractivity contribution in [2.45, 2.75) is 26.7 Å². The third-order valence-electron chi connectivity index (χ3n) is 3.69. The summed E-state index contributed by atoms with van der Waals surface area (Å²) in [6.07, 6.45) is 1.54. The van der Waals surface area contributed by atoms with Crippen LogP contribution in [-0.4, -0.2) is 36.3 Å². The number of benzene rings is 1. The molecule has 0 aliphatic carbocycles. The topological polar surface area (TPSA) is 46.6 Å². The smallest absolute Gasteiger partial charge is 0.223 e. The summed E-state index contributed by atoms with van der Waals surface area (Å²) in [7, 11) is 0. The predicted molar refractivity (Wildman–Crippen MR) is 76.9 cm³/mol. The van der Waals surface area contributed by atoms with Gasteiger partial charge in [0.1, 0.15) is 5.75 Å². The van der Waals surface area contributed by atoms with Crippen LogP contribution in [0.25, 0.3) is 0 Å². The summed E-state index contributed by atoms with van der Waals surface area (Å²) < 4.78 is 5.47. The molecule has 4 nitrogen and oxygen atoms in total. The lowest BCUT2D eigenvalue weighted by molar-refractivity contribution is -0.127. The summed E-state index contributed by atoms with van der Waals surface area (Å²) >= 11 is 0. The fourth-order valence-corrected chi connectivity index (χ4v) is 2.52. The minimum atomic E-state index is -0.0563. The molecule has 0 aromatic heterocycles. The molecule has 0 bridgehead atoms. The van der Waals surface area contributed by atoms with Gasteiger partial charge < -0.3 is 9.64 Å². The number of hydrogen-bond acceptors (Lipinski definition) is 3. The summed E-state index contributed by atoms with van der Waals surface area (Å²) in [4.78, 5) is 25.9. The van der Waals surface area contributed by atoms with E-state index in [0.29, 0.717) is 36.8 Å². The van der Waals surface area contributed by atoms with E-state index < -0.39 is 0 Å². The number of carbonyl (C=O) groups excluding carboxylic acids is 2. The quantitative estimate of drug-likeness (QED) is 0.749. The van der Waals surface area contributed by atoms with Crippen molar-refractivity contribution in [2.75, 3.05) is 19.7 Å². The lowest BCUT2D eigenvalue weighted by atomic mass is 10.1. The van der Waals surface area contributed by atoms with Gasteiger partial charge in [0.2, 0.25) is 5.91 Å². The maximum Gasteiger partial charge on any atom is 0.223 e. The standard InChI is InChI=1S/C16H21NO3/c1-3-12-9-16(19)17(10-12)11-14(18)13-7-5-6-8-15(13)20-4-2/h5-8,12H,3-4,9-11H2,1-2H3. The van der Waals surface area contributed by atoms with Gasteiger partial charge in [-0.2, -0.15) is 0 Å². The molecule has 1 atom stereocenters. The molecule has 0 radical (unpaired) electrons. The molecule has 1 amide bonds. The highest BCUT2D eigenvalue weighted by molar-refractivity contribution is 6.01. The number of likely N-dealkylation sites (tertiary alicyclic amines) is 1. The molecule has 1 aromatic carbocycles. The SMILES string of the molecule is CCOc1ccccc1C(=O)CN1CC(CC)CC1=O. The van der Waals surface area contributed by atoms with E-state index in [2.05, 4.69) is 6.92 Å². The third kappa shape index (κ3) is 3.18. The maximum absolute atomic E-state index is 12.4. The summed E-state index contributed by atoms with van der Waals surface area (Å²) in [5.41, 5.74) is 0.557. The highest BCUT2D eigenvalue weighted by Crippen LogP contribution is 2.23. The van der Waals surface area contributed by atoms with Gasteiger partial charge in [-0.3, -0.25) is 9.59 Å². The zero-order chi connectivity index (χ0) is 14.5. The molecule has 2 rings (SSSR count). The van der Waals surface area contributed by atoms with Crippen molar-refractivity contribution >= 4 is 11.7 Å². The molecule has 20 heavy (non-hydrogen) atoms. The van der Waals surface area contributed by atoms with E-state index in [-0.39, 0.29) is 18.2 Å². The Bertz CT molecular complexity index is 498. The fourth-order valence-electron chi connectivity index (χ4n) is 2.52. The molecule has 1 unspecified atom stereocenters. The van der Waals surface area contributed by atoms with Crippen LogP contribution in [0, 0.1) is 5.92 Å². The molecule has 0 spiro atoms. The van der Waals surface area contributed by atoms with Crippen molar-refractivity contribution in [1.29, 1.82) is 0 Å². The number of para-hydroxylation sites is 1. The van der Waals surface area contributed by atoms with Crippen molar-refractivity contribution in [3.8, 4) is 5.75 Å². The van der Waals surface area contributed by atoms with E-state index in [0.717, 1.165) is 6.42 Å². The highest BCUT2D eigenvalue weighted by Gasteiger charge is 2.30. The zero-order valence-electron chi connectivity index (χ0n) is 12.1. The molecule has 1 aliphatic heterocycles. The Morgan fingerprint density at radius 1 is 1.35 bits per heavy atom. The number of hydrogen-bond donors (Lipinski definition) is 0. The average Bonchev–Trinajstić information content (AvgIpc) is 2.80. The van der Waals surface area contributed by atoms with E-state index in [1.165, 1.54) is 0 Å². The van der Waals surface area contributed by atoms with Crippen molar-refractivity contribution in [3.05, 3.63) is 29.8 Å².